The van der Waals surface area contributed by atoms with E-state index in [2.05, 4.69) is 4.98 Å². The Morgan fingerprint density at radius 3 is 2.69 bits per heavy atom. The highest BCUT2D eigenvalue weighted by molar-refractivity contribution is 6.31. The van der Waals surface area contributed by atoms with Crippen molar-refractivity contribution in [3.05, 3.63) is 69.7 Å². The Balaban J connectivity index is 1.69. The fourth-order valence-corrected chi connectivity index (χ4v) is 4.55. The van der Waals surface area contributed by atoms with Gasteiger partial charge in [-0.3, -0.25) is 13.9 Å². The molecule has 4 heterocycles. The smallest absolute Gasteiger partial charge is 0.265 e. The largest absolute Gasteiger partial charge is 0.376 e. The quantitative estimate of drug-likeness (QED) is 0.411. The molecule has 8 heteroatoms. The van der Waals surface area contributed by atoms with Gasteiger partial charge in [0, 0.05) is 11.6 Å². The van der Waals surface area contributed by atoms with E-state index in [1.165, 1.54) is 0 Å². The maximum atomic E-state index is 13.6. The Hall–Kier alpha value is -3.29. The summed E-state index contributed by atoms with van der Waals surface area (Å²) >= 11 is 6.43. The van der Waals surface area contributed by atoms with Gasteiger partial charge in [0.25, 0.3) is 5.56 Å². The minimum atomic E-state index is -0.142. The van der Waals surface area contributed by atoms with Crippen molar-refractivity contribution in [2.45, 2.75) is 32.4 Å². The standard InChI is InChI=1S/C24H20ClN5O2/c1-14-8-9-15(11-17(14)25)30-22-20(21-23(30)28-19-7-3-2-6-18(19)27-21)24(31)29(13-26-22)12-16-5-4-10-32-16/h2-3,6-9,11,13,16H,4-5,10,12H2,1H3/t16-/m0/s1. The van der Waals surface area contributed by atoms with E-state index in [1.807, 2.05) is 54.0 Å². The second-order valence-electron chi connectivity index (χ2n) is 8.19. The first-order valence-electron chi connectivity index (χ1n) is 10.6. The predicted octanol–water partition coefficient (Wildman–Crippen LogP) is 4.42. The highest BCUT2D eigenvalue weighted by Gasteiger charge is 2.23. The zero-order valence-electron chi connectivity index (χ0n) is 17.5. The highest BCUT2D eigenvalue weighted by atomic mass is 35.5. The van der Waals surface area contributed by atoms with Crippen molar-refractivity contribution >= 4 is 44.8 Å². The fraction of sp³-hybridized carbons (Fsp3) is 0.250. The van der Waals surface area contributed by atoms with Crippen molar-refractivity contribution in [2.75, 3.05) is 6.61 Å². The number of aryl methyl sites for hydroxylation is 1. The molecule has 7 nitrogen and oxygen atoms in total. The van der Waals surface area contributed by atoms with Gasteiger partial charge in [0.15, 0.2) is 11.3 Å². The molecule has 160 valence electrons. The molecule has 0 N–H and O–H groups in total. The average Bonchev–Trinajstić information content (AvgIpc) is 3.42. The van der Waals surface area contributed by atoms with Gasteiger partial charge in [0.05, 0.1) is 29.4 Å². The Labute approximate surface area is 188 Å². The topological polar surface area (TPSA) is 74.8 Å². The van der Waals surface area contributed by atoms with Crippen LogP contribution < -0.4 is 5.56 Å². The maximum absolute atomic E-state index is 13.6. The van der Waals surface area contributed by atoms with Crippen LogP contribution in [0.3, 0.4) is 0 Å². The number of nitrogens with zero attached hydrogens (tertiary/aromatic N) is 5. The van der Waals surface area contributed by atoms with Gasteiger partial charge in [-0.25, -0.2) is 15.0 Å². The summed E-state index contributed by atoms with van der Waals surface area (Å²) in [6, 6.07) is 13.4. The summed E-state index contributed by atoms with van der Waals surface area (Å²) in [5.74, 6) is 0. The first-order chi connectivity index (χ1) is 15.6. The van der Waals surface area contributed by atoms with Crippen molar-refractivity contribution < 1.29 is 4.74 Å². The lowest BCUT2D eigenvalue weighted by Crippen LogP contribution is -2.26. The number of hydrogen-bond donors (Lipinski definition) is 0. The van der Waals surface area contributed by atoms with E-state index >= 15 is 0 Å². The summed E-state index contributed by atoms with van der Waals surface area (Å²) in [5.41, 5.74) is 4.74. The van der Waals surface area contributed by atoms with Crippen molar-refractivity contribution in [1.82, 2.24) is 24.1 Å². The monoisotopic (exact) mass is 445 g/mol. The summed E-state index contributed by atoms with van der Waals surface area (Å²) in [7, 11) is 0. The predicted molar refractivity (Wildman–Crippen MR) is 125 cm³/mol. The number of fused-ring (bicyclic) bond motifs is 4. The second kappa shape index (κ2) is 7.39. The molecule has 2 aromatic carbocycles. The van der Waals surface area contributed by atoms with Crippen LogP contribution in [0.1, 0.15) is 18.4 Å². The molecule has 0 radical (unpaired) electrons. The second-order valence-corrected chi connectivity index (χ2v) is 8.60. The van der Waals surface area contributed by atoms with E-state index in [-0.39, 0.29) is 11.7 Å². The van der Waals surface area contributed by atoms with Gasteiger partial charge in [-0.05, 0) is 49.6 Å². The van der Waals surface area contributed by atoms with Gasteiger partial charge in [-0.15, -0.1) is 0 Å². The summed E-state index contributed by atoms with van der Waals surface area (Å²) in [4.78, 5) is 28.0. The van der Waals surface area contributed by atoms with Gasteiger partial charge >= 0.3 is 0 Å². The fourth-order valence-electron chi connectivity index (χ4n) is 4.38. The number of halogens is 1. The molecule has 1 aliphatic rings. The molecular formula is C24H20ClN5O2. The molecule has 5 aromatic rings. The van der Waals surface area contributed by atoms with Crippen LogP contribution in [0.5, 0.6) is 0 Å². The molecule has 1 saturated heterocycles. The number of aromatic nitrogens is 5. The van der Waals surface area contributed by atoms with Crippen LogP contribution in [0.4, 0.5) is 0 Å². The van der Waals surface area contributed by atoms with Crippen LogP contribution >= 0.6 is 11.6 Å². The number of rotatable bonds is 3. The zero-order valence-corrected chi connectivity index (χ0v) is 18.2. The van der Waals surface area contributed by atoms with E-state index in [1.54, 1.807) is 10.9 Å². The lowest BCUT2D eigenvalue weighted by Gasteiger charge is -2.12. The SMILES string of the molecule is Cc1ccc(-n2c3nc4ccccc4nc3c3c(=O)n(C[C@@H]4CCCO4)cnc32)cc1Cl. The molecule has 1 fully saturated rings. The van der Waals surface area contributed by atoms with Crippen molar-refractivity contribution in [3.63, 3.8) is 0 Å². The molecule has 0 spiro atoms. The lowest BCUT2D eigenvalue weighted by molar-refractivity contribution is 0.0960. The number of ether oxygens (including phenoxy) is 1. The van der Waals surface area contributed by atoms with Crippen LogP contribution in [-0.4, -0.2) is 36.8 Å². The molecule has 32 heavy (non-hydrogen) atoms. The Kier molecular flexibility index (Phi) is 4.48. The van der Waals surface area contributed by atoms with Crippen molar-refractivity contribution in [3.8, 4) is 5.69 Å². The van der Waals surface area contributed by atoms with Gasteiger partial charge in [-0.2, -0.15) is 0 Å². The van der Waals surface area contributed by atoms with Gasteiger partial charge < -0.3 is 4.74 Å². The first kappa shape index (κ1) is 19.4. The Morgan fingerprint density at radius 1 is 1.12 bits per heavy atom. The summed E-state index contributed by atoms with van der Waals surface area (Å²) in [5, 5.41) is 1.09. The van der Waals surface area contributed by atoms with Gasteiger partial charge in [-0.1, -0.05) is 29.8 Å². The molecule has 6 rings (SSSR count). The van der Waals surface area contributed by atoms with Crippen LogP contribution in [-0.2, 0) is 11.3 Å². The Morgan fingerprint density at radius 2 is 1.94 bits per heavy atom. The van der Waals surface area contributed by atoms with Gasteiger partial charge in [0.1, 0.15) is 17.2 Å². The molecule has 1 aliphatic heterocycles. The molecule has 0 unspecified atom stereocenters. The molecule has 0 bridgehead atoms. The van der Waals surface area contributed by atoms with Crippen LogP contribution in [0.15, 0.2) is 53.6 Å². The summed E-state index contributed by atoms with van der Waals surface area (Å²) in [6.07, 6.45) is 3.58. The normalized spacial score (nSPS) is 16.5. The van der Waals surface area contributed by atoms with Crippen molar-refractivity contribution in [2.24, 2.45) is 0 Å². The maximum Gasteiger partial charge on any atom is 0.265 e. The molecular weight excluding hydrogens is 426 g/mol. The molecule has 1 atom stereocenters. The number of hydrogen-bond acceptors (Lipinski definition) is 5. The highest BCUT2D eigenvalue weighted by Crippen LogP contribution is 2.30. The van der Waals surface area contributed by atoms with E-state index in [0.717, 1.165) is 41.7 Å². The van der Waals surface area contributed by atoms with E-state index in [0.29, 0.717) is 33.8 Å². The van der Waals surface area contributed by atoms with E-state index in [9.17, 15) is 4.79 Å². The van der Waals surface area contributed by atoms with Gasteiger partial charge in [0.2, 0.25) is 0 Å². The van der Waals surface area contributed by atoms with Crippen LogP contribution in [0.25, 0.3) is 38.9 Å². The van der Waals surface area contributed by atoms with E-state index in [4.69, 9.17) is 26.3 Å². The molecule has 0 aliphatic carbocycles. The van der Waals surface area contributed by atoms with E-state index < -0.39 is 0 Å². The molecule has 0 amide bonds. The third-order valence-corrected chi connectivity index (χ3v) is 6.48. The Bertz CT molecular complexity index is 1570. The molecule has 0 saturated carbocycles. The minimum Gasteiger partial charge on any atom is -0.376 e. The third-order valence-electron chi connectivity index (χ3n) is 6.07. The van der Waals surface area contributed by atoms with Crippen molar-refractivity contribution in [1.29, 1.82) is 0 Å². The zero-order chi connectivity index (χ0) is 21.8. The number of benzene rings is 2. The number of para-hydroxylation sites is 2. The average molecular weight is 446 g/mol. The lowest BCUT2D eigenvalue weighted by atomic mass is 10.2. The van der Waals surface area contributed by atoms with Crippen LogP contribution in [0.2, 0.25) is 5.02 Å². The minimum absolute atomic E-state index is 0.0307. The summed E-state index contributed by atoms with van der Waals surface area (Å²) < 4.78 is 9.23. The van der Waals surface area contributed by atoms with Crippen LogP contribution in [0, 0.1) is 6.92 Å². The first-order valence-corrected chi connectivity index (χ1v) is 11.0. The third kappa shape index (κ3) is 3.00. The summed E-state index contributed by atoms with van der Waals surface area (Å²) in [6.45, 7) is 3.17. The molecule has 3 aromatic heterocycles.